The van der Waals surface area contributed by atoms with E-state index < -0.39 is 22.2 Å². The lowest BCUT2D eigenvalue weighted by Crippen LogP contribution is -2.44. The molecule has 7 nitrogen and oxygen atoms in total. The highest BCUT2D eigenvalue weighted by Crippen LogP contribution is 2.36. The van der Waals surface area contributed by atoms with Crippen LogP contribution in [0.1, 0.15) is 12.8 Å². The molecule has 0 radical (unpaired) electrons. The first-order valence-corrected chi connectivity index (χ1v) is 8.93. The molecule has 0 spiro atoms. The predicted molar refractivity (Wildman–Crippen MR) is 83.5 cm³/mol. The average molecular weight is 376 g/mol. The molecule has 1 atom stereocenters. The van der Waals surface area contributed by atoms with Gasteiger partial charge in [0.25, 0.3) is 0 Å². The number of Topliss-reactive ketones (excluding diaryl/α,β-unsaturated/α-hetero) is 1. The molecule has 2 aliphatic heterocycles. The van der Waals surface area contributed by atoms with E-state index in [0.717, 1.165) is 0 Å². The minimum absolute atomic E-state index is 0.0720. The van der Waals surface area contributed by atoms with Crippen molar-refractivity contribution in [1.82, 2.24) is 9.73 Å². The van der Waals surface area contributed by atoms with E-state index in [1.165, 1.54) is 24.3 Å². The van der Waals surface area contributed by atoms with E-state index in [2.05, 4.69) is 15.8 Å². The van der Waals surface area contributed by atoms with Gasteiger partial charge in [-0.15, -0.1) is 0 Å². The number of carbonyl (C=O) groups is 1. The topological polar surface area (TPSA) is 90.9 Å². The number of hydrogen-bond acceptors (Lipinski definition) is 6. The molecule has 2 aliphatic rings. The second-order valence-electron chi connectivity index (χ2n) is 5.68. The molecule has 1 fully saturated rings. The summed E-state index contributed by atoms with van der Waals surface area (Å²) in [7, 11) is -4.25. The number of anilines is 1. The van der Waals surface area contributed by atoms with E-state index in [9.17, 15) is 26.4 Å². The Kier molecular flexibility index (Phi) is 4.45. The third-order valence-corrected chi connectivity index (χ3v) is 5.92. The molecule has 11 heteroatoms. The number of rotatable bonds is 3. The van der Waals surface area contributed by atoms with Crippen molar-refractivity contribution >= 4 is 27.3 Å². The molecule has 1 unspecified atom stereocenters. The number of alkyl halides is 3. The summed E-state index contributed by atoms with van der Waals surface area (Å²) in [5.74, 6) is -0.158. The number of sulfonamides is 1. The molecule has 0 amide bonds. The number of hydrogen-bond donors (Lipinski definition) is 2. The fourth-order valence-electron chi connectivity index (χ4n) is 2.77. The Bertz CT molecular complexity index is 806. The van der Waals surface area contributed by atoms with Crippen LogP contribution >= 0.6 is 0 Å². The normalized spacial score (nSPS) is 22.0. The van der Waals surface area contributed by atoms with Gasteiger partial charge in [0.15, 0.2) is 5.84 Å². The SMILES string of the molecule is O=C1CNN=C1Nc1ccc(S(=O)(=O)N2CCCC2C(F)(F)F)cc1. The van der Waals surface area contributed by atoms with Crippen molar-refractivity contribution < 1.29 is 26.4 Å². The van der Waals surface area contributed by atoms with Gasteiger partial charge in [-0.2, -0.15) is 22.6 Å². The van der Waals surface area contributed by atoms with E-state index >= 15 is 0 Å². The van der Waals surface area contributed by atoms with Crippen LogP contribution in [0.15, 0.2) is 34.3 Å². The van der Waals surface area contributed by atoms with Crippen LogP contribution in [0.3, 0.4) is 0 Å². The van der Waals surface area contributed by atoms with E-state index in [1.807, 2.05) is 0 Å². The first-order valence-electron chi connectivity index (χ1n) is 7.49. The predicted octanol–water partition coefficient (Wildman–Crippen LogP) is 1.30. The van der Waals surface area contributed by atoms with E-state index in [4.69, 9.17) is 0 Å². The number of benzene rings is 1. The zero-order valence-electron chi connectivity index (χ0n) is 12.9. The Morgan fingerprint density at radius 1 is 1.24 bits per heavy atom. The maximum atomic E-state index is 13.0. The molecule has 1 saturated heterocycles. The van der Waals surface area contributed by atoms with Crippen molar-refractivity contribution in [2.75, 3.05) is 18.4 Å². The Labute approximate surface area is 141 Å². The number of ketones is 1. The van der Waals surface area contributed by atoms with Gasteiger partial charge in [-0.3, -0.25) is 10.2 Å². The summed E-state index contributed by atoms with van der Waals surface area (Å²) in [5.41, 5.74) is 2.91. The fourth-order valence-corrected chi connectivity index (χ4v) is 4.45. The Morgan fingerprint density at radius 2 is 1.92 bits per heavy atom. The lowest BCUT2D eigenvalue weighted by molar-refractivity contribution is -0.165. The van der Waals surface area contributed by atoms with Gasteiger partial charge < -0.3 is 5.32 Å². The number of halogens is 3. The number of carbonyl (C=O) groups excluding carboxylic acids is 1. The van der Waals surface area contributed by atoms with Crippen molar-refractivity contribution in [1.29, 1.82) is 0 Å². The summed E-state index contributed by atoms with van der Waals surface area (Å²) in [4.78, 5) is 11.2. The molecule has 1 aromatic rings. The highest BCUT2D eigenvalue weighted by Gasteiger charge is 2.50. The summed E-state index contributed by atoms with van der Waals surface area (Å²) < 4.78 is 64.6. The molecule has 0 aliphatic carbocycles. The van der Waals surface area contributed by atoms with Gasteiger partial charge in [-0.05, 0) is 37.1 Å². The second kappa shape index (κ2) is 6.30. The van der Waals surface area contributed by atoms with Crippen molar-refractivity contribution in [3.63, 3.8) is 0 Å². The molecule has 0 bridgehead atoms. The molecule has 3 rings (SSSR count). The summed E-state index contributed by atoms with van der Waals surface area (Å²) in [5, 5.41) is 6.46. The molecular formula is C14H15F3N4O3S. The maximum absolute atomic E-state index is 13.0. The lowest BCUT2D eigenvalue weighted by atomic mass is 10.2. The molecule has 25 heavy (non-hydrogen) atoms. The number of amidine groups is 1. The Balaban J connectivity index is 1.80. The minimum Gasteiger partial charge on any atom is -0.336 e. The molecule has 0 saturated carbocycles. The van der Waals surface area contributed by atoms with Gasteiger partial charge in [-0.25, -0.2) is 8.42 Å². The second-order valence-corrected chi connectivity index (χ2v) is 7.57. The van der Waals surface area contributed by atoms with Crippen molar-refractivity contribution in [2.24, 2.45) is 5.10 Å². The first kappa shape index (κ1) is 17.7. The smallest absolute Gasteiger partial charge is 0.336 e. The summed E-state index contributed by atoms with van der Waals surface area (Å²) >= 11 is 0. The van der Waals surface area contributed by atoms with Gasteiger partial charge in [0.05, 0.1) is 11.4 Å². The largest absolute Gasteiger partial charge is 0.405 e. The molecule has 1 aromatic carbocycles. The van der Waals surface area contributed by atoms with Crippen LogP contribution in [-0.4, -0.2) is 49.6 Å². The van der Waals surface area contributed by atoms with Gasteiger partial charge in [0.2, 0.25) is 15.8 Å². The van der Waals surface area contributed by atoms with E-state index in [-0.39, 0.29) is 42.4 Å². The van der Waals surface area contributed by atoms with Gasteiger partial charge in [-0.1, -0.05) is 0 Å². The van der Waals surface area contributed by atoms with Crippen molar-refractivity contribution in [3.05, 3.63) is 24.3 Å². The monoisotopic (exact) mass is 376 g/mol. The van der Waals surface area contributed by atoms with Crippen LogP contribution in [-0.2, 0) is 14.8 Å². The van der Waals surface area contributed by atoms with Gasteiger partial charge >= 0.3 is 6.18 Å². The highest BCUT2D eigenvalue weighted by atomic mass is 32.2. The van der Waals surface area contributed by atoms with E-state index in [0.29, 0.717) is 9.99 Å². The van der Waals surface area contributed by atoms with Crippen LogP contribution in [0.5, 0.6) is 0 Å². The Morgan fingerprint density at radius 3 is 2.48 bits per heavy atom. The number of hydrazone groups is 1. The molecule has 136 valence electrons. The van der Waals surface area contributed by atoms with Crippen LogP contribution in [0, 0.1) is 0 Å². The van der Waals surface area contributed by atoms with Crippen molar-refractivity contribution in [2.45, 2.75) is 30.0 Å². The average Bonchev–Trinajstić information content (AvgIpc) is 3.18. The standard InChI is InChI=1S/C14H15F3N4O3S/c15-14(16,17)12-2-1-7-21(12)25(23,24)10-5-3-9(4-6-10)19-13-11(22)8-18-20-13/h3-6,12,18H,1-2,7-8H2,(H,19,20). The molecule has 2 N–H and O–H groups in total. The zero-order valence-corrected chi connectivity index (χ0v) is 13.7. The fraction of sp³-hybridized carbons (Fsp3) is 0.429. The molecular weight excluding hydrogens is 361 g/mol. The number of nitrogens with one attached hydrogen (secondary N) is 2. The molecule has 2 heterocycles. The van der Waals surface area contributed by atoms with Crippen LogP contribution in [0.4, 0.5) is 18.9 Å². The third kappa shape index (κ3) is 3.47. The van der Waals surface area contributed by atoms with Gasteiger partial charge in [0.1, 0.15) is 6.04 Å². The maximum Gasteiger partial charge on any atom is 0.405 e. The lowest BCUT2D eigenvalue weighted by Gasteiger charge is -2.25. The Hall–Kier alpha value is -2.14. The van der Waals surface area contributed by atoms with Crippen LogP contribution in [0.25, 0.3) is 0 Å². The van der Waals surface area contributed by atoms with Crippen LogP contribution < -0.4 is 10.7 Å². The van der Waals surface area contributed by atoms with E-state index in [1.54, 1.807) is 0 Å². The first-order chi connectivity index (χ1) is 11.7. The minimum atomic E-state index is -4.60. The third-order valence-electron chi connectivity index (χ3n) is 4.00. The summed E-state index contributed by atoms with van der Waals surface area (Å²) in [6.45, 7) is -0.0912. The molecule has 0 aromatic heterocycles. The van der Waals surface area contributed by atoms with Crippen LogP contribution in [0.2, 0.25) is 0 Å². The van der Waals surface area contributed by atoms with Gasteiger partial charge in [0, 0.05) is 12.2 Å². The summed E-state index contributed by atoms with van der Waals surface area (Å²) in [6.07, 6.45) is -4.67. The van der Waals surface area contributed by atoms with Crippen molar-refractivity contribution in [3.8, 4) is 0 Å². The zero-order chi connectivity index (χ0) is 18.2. The number of nitrogens with zero attached hydrogens (tertiary/aromatic N) is 2. The quantitative estimate of drug-likeness (QED) is 0.830. The summed E-state index contributed by atoms with van der Waals surface area (Å²) in [6, 6.07) is 3.17. The highest BCUT2D eigenvalue weighted by molar-refractivity contribution is 7.89.